The fourth-order valence-electron chi connectivity index (χ4n) is 4.86. The van der Waals surface area contributed by atoms with Gasteiger partial charge in [-0.3, -0.25) is 9.69 Å². The summed E-state index contributed by atoms with van der Waals surface area (Å²) in [6.45, 7) is 4.80. The minimum atomic E-state index is -0.391. The lowest BCUT2D eigenvalue weighted by Gasteiger charge is -2.35. The number of fused-ring (bicyclic) bond motifs is 1. The number of rotatable bonds is 6. The van der Waals surface area contributed by atoms with Crippen molar-refractivity contribution >= 4 is 10.9 Å². The normalized spacial score (nSPS) is 21.4. The van der Waals surface area contributed by atoms with Gasteiger partial charge in [0.1, 0.15) is 6.04 Å². The summed E-state index contributed by atoms with van der Waals surface area (Å²) in [5.74, 6) is 0.647. The molecule has 0 bridgehead atoms. The number of benzene rings is 1. The fourth-order valence-corrected chi connectivity index (χ4v) is 4.86. The molecule has 4 heterocycles. The lowest BCUT2D eigenvalue weighted by molar-refractivity contribution is 0.0632. The summed E-state index contributed by atoms with van der Waals surface area (Å²) in [6, 6.07) is 7.73. The van der Waals surface area contributed by atoms with Gasteiger partial charge in [0.05, 0.1) is 18.8 Å². The molecule has 3 aromatic rings. The molecule has 32 heavy (non-hydrogen) atoms. The molecule has 2 atom stereocenters. The van der Waals surface area contributed by atoms with E-state index in [-0.39, 0.29) is 17.8 Å². The molecule has 0 saturated carbocycles. The van der Waals surface area contributed by atoms with Crippen LogP contribution in [0.2, 0.25) is 0 Å². The van der Waals surface area contributed by atoms with Gasteiger partial charge in [0.25, 0.3) is 5.56 Å². The van der Waals surface area contributed by atoms with Crippen molar-refractivity contribution in [3.63, 3.8) is 0 Å². The van der Waals surface area contributed by atoms with E-state index in [1.54, 1.807) is 4.68 Å². The van der Waals surface area contributed by atoms with E-state index in [4.69, 9.17) is 4.74 Å². The molecule has 2 aromatic heterocycles. The van der Waals surface area contributed by atoms with E-state index in [1.807, 2.05) is 18.2 Å². The third-order valence-corrected chi connectivity index (χ3v) is 6.71. The van der Waals surface area contributed by atoms with Crippen LogP contribution in [0.3, 0.4) is 0 Å². The number of tetrazole rings is 1. The Morgan fingerprint density at radius 3 is 2.84 bits per heavy atom. The van der Waals surface area contributed by atoms with E-state index in [9.17, 15) is 9.90 Å². The van der Waals surface area contributed by atoms with Crippen molar-refractivity contribution in [2.24, 2.45) is 0 Å². The van der Waals surface area contributed by atoms with Crippen LogP contribution in [0.1, 0.15) is 55.6 Å². The molecule has 1 aromatic carbocycles. The highest BCUT2D eigenvalue weighted by molar-refractivity contribution is 5.80. The maximum absolute atomic E-state index is 13.3. The second-order valence-electron chi connectivity index (χ2n) is 8.85. The zero-order valence-electron chi connectivity index (χ0n) is 18.4. The van der Waals surface area contributed by atoms with Gasteiger partial charge < -0.3 is 14.8 Å². The van der Waals surface area contributed by atoms with Gasteiger partial charge in [-0.05, 0) is 71.7 Å². The topological polar surface area (TPSA) is 109 Å². The number of piperidine rings is 1. The monoisotopic (exact) mass is 438 g/mol. The number of aromatic amines is 1. The van der Waals surface area contributed by atoms with Crippen LogP contribution >= 0.6 is 0 Å². The maximum Gasteiger partial charge on any atom is 0.253 e. The van der Waals surface area contributed by atoms with Crippen molar-refractivity contribution in [1.29, 1.82) is 0 Å². The highest BCUT2D eigenvalue weighted by atomic mass is 16.5. The predicted octanol–water partition coefficient (Wildman–Crippen LogP) is 1.80. The largest absolute Gasteiger partial charge is 0.393 e. The molecule has 2 N–H and O–H groups in total. The molecule has 170 valence electrons. The van der Waals surface area contributed by atoms with Crippen LogP contribution in [0, 0.1) is 0 Å². The molecule has 2 fully saturated rings. The van der Waals surface area contributed by atoms with Gasteiger partial charge in [0.15, 0.2) is 5.82 Å². The van der Waals surface area contributed by atoms with Crippen molar-refractivity contribution in [2.75, 3.05) is 19.7 Å². The van der Waals surface area contributed by atoms with Crippen molar-refractivity contribution < 1.29 is 9.84 Å². The van der Waals surface area contributed by atoms with Gasteiger partial charge in [-0.15, -0.1) is 5.10 Å². The SMILES string of the molecule is CCc1ccc2[nH]c(=O)c(C(c3nnnn3CC3CCCO3)N3CCC(O)CC3)cc2c1. The first-order chi connectivity index (χ1) is 15.6. The molecular formula is C23H30N6O3. The number of nitrogens with one attached hydrogen (secondary N) is 1. The first-order valence-electron chi connectivity index (χ1n) is 11.6. The number of nitrogens with zero attached hydrogens (tertiary/aromatic N) is 5. The summed E-state index contributed by atoms with van der Waals surface area (Å²) < 4.78 is 7.59. The van der Waals surface area contributed by atoms with Crippen molar-refractivity contribution in [3.05, 3.63) is 51.6 Å². The first kappa shape index (κ1) is 21.2. The molecule has 2 aliphatic heterocycles. The molecule has 2 unspecified atom stereocenters. The number of H-pyrrole nitrogens is 1. The molecule has 5 rings (SSSR count). The number of aromatic nitrogens is 5. The molecule has 0 spiro atoms. The Kier molecular flexibility index (Phi) is 6.03. The number of aryl methyl sites for hydroxylation is 1. The van der Waals surface area contributed by atoms with E-state index in [0.717, 1.165) is 36.8 Å². The number of pyridine rings is 1. The molecule has 9 heteroatoms. The van der Waals surface area contributed by atoms with Crippen LogP contribution < -0.4 is 5.56 Å². The van der Waals surface area contributed by atoms with Gasteiger partial charge in [-0.1, -0.05) is 13.0 Å². The third-order valence-electron chi connectivity index (χ3n) is 6.71. The van der Waals surface area contributed by atoms with Crippen LogP contribution in [-0.4, -0.2) is 67.1 Å². The highest BCUT2D eigenvalue weighted by Gasteiger charge is 2.33. The minimum Gasteiger partial charge on any atom is -0.393 e. The zero-order valence-corrected chi connectivity index (χ0v) is 18.4. The second kappa shape index (κ2) is 9.09. The summed E-state index contributed by atoms with van der Waals surface area (Å²) in [5, 5.41) is 23.6. The number of hydrogen-bond donors (Lipinski definition) is 2. The number of likely N-dealkylation sites (tertiary alicyclic amines) is 1. The first-order valence-corrected chi connectivity index (χ1v) is 11.6. The molecule has 0 radical (unpaired) electrons. The Balaban J connectivity index is 1.59. The number of aliphatic hydroxyl groups is 1. The van der Waals surface area contributed by atoms with Crippen LogP contribution in [0.4, 0.5) is 0 Å². The van der Waals surface area contributed by atoms with E-state index in [1.165, 1.54) is 5.56 Å². The fraction of sp³-hybridized carbons (Fsp3) is 0.565. The Bertz CT molecular complexity index is 1130. The smallest absolute Gasteiger partial charge is 0.253 e. The van der Waals surface area contributed by atoms with Crippen LogP contribution in [0.15, 0.2) is 29.1 Å². The molecule has 2 saturated heterocycles. The van der Waals surface area contributed by atoms with Crippen LogP contribution in [-0.2, 0) is 17.7 Å². The molecule has 2 aliphatic rings. The van der Waals surface area contributed by atoms with Crippen molar-refractivity contribution in [1.82, 2.24) is 30.1 Å². The molecule has 0 amide bonds. The summed E-state index contributed by atoms with van der Waals surface area (Å²) in [5.41, 5.74) is 2.54. The van der Waals surface area contributed by atoms with Crippen molar-refractivity contribution in [3.8, 4) is 0 Å². The van der Waals surface area contributed by atoms with E-state index in [0.29, 0.717) is 43.9 Å². The Morgan fingerprint density at radius 2 is 2.09 bits per heavy atom. The van der Waals surface area contributed by atoms with E-state index in [2.05, 4.69) is 38.4 Å². The predicted molar refractivity (Wildman–Crippen MR) is 119 cm³/mol. The summed E-state index contributed by atoms with van der Waals surface area (Å²) in [7, 11) is 0. The molecule has 0 aliphatic carbocycles. The lowest BCUT2D eigenvalue weighted by atomic mass is 9.98. The highest BCUT2D eigenvalue weighted by Crippen LogP contribution is 2.30. The Hall–Kier alpha value is -2.62. The van der Waals surface area contributed by atoms with Gasteiger partial charge >= 0.3 is 0 Å². The number of aliphatic hydroxyl groups excluding tert-OH is 1. The summed E-state index contributed by atoms with van der Waals surface area (Å²) >= 11 is 0. The van der Waals surface area contributed by atoms with Gasteiger partial charge in [-0.2, -0.15) is 0 Å². The third kappa shape index (κ3) is 4.20. The number of hydrogen-bond acceptors (Lipinski definition) is 7. The molecule has 9 nitrogen and oxygen atoms in total. The Labute approximate surface area is 186 Å². The van der Waals surface area contributed by atoms with E-state index < -0.39 is 6.04 Å². The van der Waals surface area contributed by atoms with Gasteiger partial charge in [0.2, 0.25) is 0 Å². The van der Waals surface area contributed by atoms with Crippen LogP contribution in [0.25, 0.3) is 10.9 Å². The van der Waals surface area contributed by atoms with Crippen molar-refractivity contribution in [2.45, 2.75) is 63.8 Å². The summed E-state index contributed by atoms with van der Waals surface area (Å²) in [6.07, 6.45) is 4.05. The maximum atomic E-state index is 13.3. The van der Waals surface area contributed by atoms with E-state index >= 15 is 0 Å². The number of ether oxygens (including phenoxy) is 1. The standard InChI is InChI=1S/C23H30N6O3/c1-2-15-5-6-20-16(12-15)13-19(23(31)24-20)21(28-9-7-17(30)8-10-28)22-25-26-27-29(22)14-18-4-3-11-32-18/h5-6,12-13,17-18,21,30H,2-4,7-11,14H2,1H3,(H,24,31). The Morgan fingerprint density at radius 1 is 1.25 bits per heavy atom. The quantitative estimate of drug-likeness (QED) is 0.604. The lowest BCUT2D eigenvalue weighted by Crippen LogP contribution is -2.42. The second-order valence-corrected chi connectivity index (χ2v) is 8.85. The average Bonchev–Trinajstić information content (AvgIpc) is 3.48. The zero-order chi connectivity index (χ0) is 22.1. The average molecular weight is 439 g/mol. The minimum absolute atomic E-state index is 0.0862. The van der Waals surface area contributed by atoms with Gasteiger partial charge in [-0.25, -0.2) is 4.68 Å². The van der Waals surface area contributed by atoms with Gasteiger partial charge in [0, 0.05) is 30.8 Å². The van der Waals surface area contributed by atoms with Crippen LogP contribution in [0.5, 0.6) is 0 Å². The molecular weight excluding hydrogens is 408 g/mol. The summed E-state index contributed by atoms with van der Waals surface area (Å²) in [4.78, 5) is 18.5.